The Kier molecular flexibility index (Phi) is 8.62. The first-order valence-electron chi connectivity index (χ1n) is 13.5. The van der Waals surface area contributed by atoms with Crippen LogP contribution in [0.4, 0.5) is 0 Å². The van der Waals surface area contributed by atoms with E-state index in [2.05, 4.69) is 16.8 Å². The molecule has 2 fully saturated rings. The van der Waals surface area contributed by atoms with Crippen molar-refractivity contribution in [3.63, 3.8) is 0 Å². The number of nitrogens with zero attached hydrogens (tertiary/aromatic N) is 3. The van der Waals surface area contributed by atoms with Gasteiger partial charge in [0, 0.05) is 29.4 Å². The molecule has 1 aromatic carbocycles. The second kappa shape index (κ2) is 11.9. The quantitative estimate of drug-likeness (QED) is 0.541. The number of primary amides is 1. The molecule has 0 unspecified atom stereocenters. The van der Waals surface area contributed by atoms with E-state index < -0.39 is 11.5 Å². The van der Waals surface area contributed by atoms with Gasteiger partial charge in [0.05, 0.1) is 35.4 Å². The second-order valence-corrected chi connectivity index (χ2v) is 11.0. The summed E-state index contributed by atoms with van der Waals surface area (Å²) in [5.41, 5.74) is 5.97. The standard InChI is InChI=1S/C30H36N4O5/c1-19(2)38-26-16-24-23(15-25(26)28(32)36)21(7-6-20-8-11-30(3,37)12-9-20)17-33-29(24)39-22-5-4-14-34(18-22)27(35)10-13-31/h15-17,19-20,22,37H,4-5,8-12,14,18H2,1-3H3,(H2,32,36)/t20?,22-,30?/m1/s1. The molecule has 3 N–H and O–H groups in total. The maximum Gasteiger partial charge on any atom is 0.252 e. The van der Waals surface area contributed by atoms with Crippen LogP contribution >= 0.6 is 0 Å². The number of aliphatic hydroxyl groups is 1. The van der Waals surface area contributed by atoms with Gasteiger partial charge < -0.3 is 25.2 Å². The molecule has 2 aliphatic rings. The summed E-state index contributed by atoms with van der Waals surface area (Å²) in [4.78, 5) is 30.9. The summed E-state index contributed by atoms with van der Waals surface area (Å²) in [6.07, 6.45) is 5.51. The third-order valence-electron chi connectivity index (χ3n) is 7.29. The van der Waals surface area contributed by atoms with Crippen molar-refractivity contribution < 1.29 is 24.2 Å². The highest BCUT2D eigenvalue weighted by molar-refractivity contribution is 6.03. The molecule has 2 heterocycles. The Bertz CT molecular complexity index is 1340. The Labute approximate surface area is 229 Å². The highest BCUT2D eigenvalue weighted by Gasteiger charge is 2.28. The number of amides is 2. The monoisotopic (exact) mass is 532 g/mol. The van der Waals surface area contributed by atoms with Crippen molar-refractivity contribution in [1.82, 2.24) is 9.88 Å². The van der Waals surface area contributed by atoms with E-state index >= 15 is 0 Å². The molecule has 9 heteroatoms. The van der Waals surface area contributed by atoms with E-state index in [4.69, 9.17) is 20.5 Å². The first-order chi connectivity index (χ1) is 18.6. The van der Waals surface area contributed by atoms with Gasteiger partial charge in [0.15, 0.2) is 0 Å². The fraction of sp³-hybridized carbons (Fsp3) is 0.533. The number of piperidine rings is 1. The van der Waals surface area contributed by atoms with E-state index in [1.807, 2.05) is 26.8 Å². The van der Waals surface area contributed by atoms with Crippen LogP contribution in [-0.4, -0.2) is 57.7 Å². The lowest BCUT2D eigenvalue weighted by Gasteiger charge is -2.32. The minimum Gasteiger partial charge on any atom is -0.490 e. The van der Waals surface area contributed by atoms with E-state index in [0.29, 0.717) is 53.9 Å². The van der Waals surface area contributed by atoms with Gasteiger partial charge in [-0.1, -0.05) is 11.8 Å². The number of carbonyl (C=O) groups excluding carboxylic acids is 2. The predicted octanol–water partition coefficient (Wildman–Crippen LogP) is 3.70. The Morgan fingerprint density at radius 1 is 1.26 bits per heavy atom. The molecule has 39 heavy (non-hydrogen) atoms. The van der Waals surface area contributed by atoms with Crippen LogP contribution in [-0.2, 0) is 4.79 Å². The van der Waals surface area contributed by atoms with E-state index in [1.165, 1.54) is 0 Å². The highest BCUT2D eigenvalue weighted by atomic mass is 16.5. The minimum absolute atomic E-state index is 0.161. The molecule has 1 atom stereocenters. The van der Waals surface area contributed by atoms with E-state index in [1.54, 1.807) is 23.2 Å². The molecule has 9 nitrogen and oxygen atoms in total. The fourth-order valence-corrected chi connectivity index (χ4v) is 5.14. The van der Waals surface area contributed by atoms with E-state index in [-0.39, 0.29) is 36.0 Å². The molecule has 0 spiro atoms. The molecule has 1 aliphatic heterocycles. The topological polar surface area (TPSA) is 139 Å². The van der Waals surface area contributed by atoms with Crippen LogP contribution in [0.1, 0.15) is 81.6 Å². The molecular formula is C30H36N4O5. The largest absolute Gasteiger partial charge is 0.490 e. The first-order valence-corrected chi connectivity index (χ1v) is 13.5. The van der Waals surface area contributed by atoms with Gasteiger partial charge in [0.1, 0.15) is 18.3 Å². The van der Waals surface area contributed by atoms with Crippen LogP contribution < -0.4 is 15.2 Å². The maximum atomic E-state index is 12.4. The van der Waals surface area contributed by atoms with Crippen LogP contribution in [0.25, 0.3) is 10.8 Å². The third kappa shape index (κ3) is 6.99. The number of carbonyl (C=O) groups is 2. The number of nitrogens with two attached hydrogens (primary N) is 1. The average molecular weight is 533 g/mol. The summed E-state index contributed by atoms with van der Waals surface area (Å²) in [6.45, 7) is 6.55. The zero-order valence-electron chi connectivity index (χ0n) is 22.8. The van der Waals surface area contributed by atoms with Gasteiger partial charge in [0.2, 0.25) is 11.8 Å². The van der Waals surface area contributed by atoms with Crippen molar-refractivity contribution in [2.24, 2.45) is 11.7 Å². The van der Waals surface area contributed by atoms with Gasteiger partial charge in [0.25, 0.3) is 5.91 Å². The summed E-state index contributed by atoms with van der Waals surface area (Å²) in [7, 11) is 0. The van der Waals surface area contributed by atoms with Crippen molar-refractivity contribution in [1.29, 1.82) is 5.26 Å². The van der Waals surface area contributed by atoms with Crippen molar-refractivity contribution in [3.8, 4) is 29.5 Å². The lowest BCUT2D eigenvalue weighted by Crippen LogP contribution is -2.44. The predicted molar refractivity (Wildman–Crippen MR) is 146 cm³/mol. The van der Waals surface area contributed by atoms with Crippen LogP contribution in [0.3, 0.4) is 0 Å². The van der Waals surface area contributed by atoms with Gasteiger partial charge in [-0.25, -0.2) is 4.98 Å². The SMILES string of the molecule is CC(C)Oc1cc2c(O[C@@H]3CCCN(C(=O)CC#N)C3)ncc(C#CC3CCC(C)(O)CC3)c2cc1C(N)=O. The van der Waals surface area contributed by atoms with Gasteiger partial charge in [-0.2, -0.15) is 5.26 Å². The molecule has 0 radical (unpaired) electrons. The number of ether oxygens (including phenoxy) is 2. The number of fused-ring (bicyclic) bond motifs is 1. The third-order valence-corrected chi connectivity index (χ3v) is 7.29. The summed E-state index contributed by atoms with van der Waals surface area (Å²) >= 11 is 0. The zero-order chi connectivity index (χ0) is 28.2. The average Bonchev–Trinajstić information content (AvgIpc) is 2.88. The molecular weight excluding hydrogens is 496 g/mol. The zero-order valence-corrected chi connectivity index (χ0v) is 22.8. The lowest BCUT2D eigenvalue weighted by molar-refractivity contribution is -0.132. The summed E-state index contributed by atoms with van der Waals surface area (Å²) in [5.74, 6) is 6.62. The van der Waals surface area contributed by atoms with Crippen molar-refractivity contribution in [2.75, 3.05) is 13.1 Å². The molecule has 0 bridgehead atoms. The molecule has 1 aromatic heterocycles. The van der Waals surface area contributed by atoms with Crippen LogP contribution in [0.15, 0.2) is 18.3 Å². The number of likely N-dealkylation sites (tertiary alicyclic amines) is 1. The number of aromatic nitrogens is 1. The van der Waals surface area contributed by atoms with Crippen LogP contribution in [0.2, 0.25) is 0 Å². The molecule has 2 aromatic rings. The number of rotatable bonds is 6. The Balaban J connectivity index is 1.71. The van der Waals surface area contributed by atoms with E-state index in [0.717, 1.165) is 25.7 Å². The van der Waals surface area contributed by atoms with Gasteiger partial charge in [-0.3, -0.25) is 9.59 Å². The van der Waals surface area contributed by atoms with E-state index in [9.17, 15) is 14.7 Å². The summed E-state index contributed by atoms with van der Waals surface area (Å²) in [5, 5.41) is 20.5. The number of hydrogen-bond acceptors (Lipinski definition) is 7. The lowest BCUT2D eigenvalue weighted by atomic mass is 9.80. The number of nitriles is 1. The molecule has 2 amide bonds. The minimum atomic E-state index is -0.636. The smallest absolute Gasteiger partial charge is 0.252 e. The molecule has 1 aliphatic carbocycles. The summed E-state index contributed by atoms with van der Waals surface area (Å²) in [6, 6.07) is 5.32. The van der Waals surface area contributed by atoms with Crippen LogP contribution in [0, 0.1) is 29.1 Å². The second-order valence-electron chi connectivity index (χ2n) is 11.0. The molecule has 1 saturated carbocycles. The molecule has 206 valence electrons. The highest BCUT2D eigenvalue weighted by Crippen LogP contribution is 2.35. The summed E-state index contributed by atoms with van der Waals surface area (Å²) < 4.78 is 12.2. The first kappa shape index (κ1) is 28.2. The van der Waals surface area contributed by atoms with Crippen molar-refractivity contribution in [3.05, 3.63) is 29.5 Å². The number of benzene rings is 1. The molecule has 4 rings (SSSR count). The number of hydrogen-bond donors (Lipinski definition) is 2. The van der Waals surface area contributed by atoms with Gasteiger partial charge in [-0.15, -0.1) is 0 Å². The fourth-order valence-electron chi connectivity index (χ4n) is 5.14. The molecule has 1 saturated heterocycles. The van der Waals surface area contributed by atoms with Crippen molar-refractivity contribution >= 4 is 22.6 Å². The van der Waals surface area contributed by atoms with Crippen LogP contribution in [0.5, 0.6) is 11.6 Å². The normalized spacial score (nSPS) is 23.0. The Morgan fingerprint density at radius 3 is 2.67 bits per heavy atom. The van der Waals surface area contributed by atoms with Gasteiger partial charge >= 0.3 is 0 Å². The Hall–Kier alpha value is -3.82. The number of pyridine rings is 1. The van der Waals surface area contributed by atoms with Crippen molar-refractivity contribution in [2.45, 2.75) is 83.5 Å². The maximum absolute atomic E-state index is 12.4. The van der Waals surface area contributed by atoms with Gasteiger partial charge in [-0.05, 0) is 71.4 Å². The Morgan fingerprint density at radius 2 is 2.00 bits per heavy atom.